The zero-order valence-corrected chi connectivity index (χ0v) is 16.7. The minimum Gasteiger partial charge on any atom is -0.372 e. The molecule has 0 saturated carbocycles. The Morgan fingerprint density at radius 2 is 1.68 bits per heavy atom. The topological polar surface area (TPSA) is 52.7 Å². The number of hydrogen-bond donors (Lipinski definition) is 1. The minimum absolute atomic E-state index is 0.0702. The lowest BCUT2D eigenvalue weighted by atomic mass is 9.99. The Hall–Kier alpha value is -2.82. The van der Waals surface area contributed by atoms with Gasteiger partial charge < -0.3 is 15.1 Å². The van der Waals surface area contributed by atoms with Crippen LogP contribution in [0.15, 0.2) is 54.6 Å². The maximum Gasteiger partial charge on any atom is 0.226 e. The summed E-state index contributed by atoms with van der Waals surface area (Å²) in [7, 11) is 0. The van der Waals surface area contributed by atoms with Gasteiger partial charge in [-0.2, -0.15) is 0 Å². The van der Waals surface area contributed by atoms with Crippen molar-refractivity contribution in [2.24, 2.45) is 5.92 Å². The molecule has 0 radical (unpaired) electrons. The highest BCUT2D eigenvalue weighted by atomic mass is 16.2. The molecule has 0 atom stereocenters. The predicted molar refractivity (Wildman–Crippen MR) is 115 cm³/mol. The smallest absolute Gasteiger partial charge is 0.226 e. The van der Waals surface area contributed by atoms with E-state index in [0.29, 0.717) is 6.54 Å². The number of hydrogen-bond acceptors (Lipinski definition) is 3. The molecular weight excluding hydrogens is 350 g/mol. The van der Waals surface area contributed by atoms with Crippen molar-refractivity contribution in [3.05, 3.63) is 54.6 Å². The summed E-state index contributed by atoms with van der Waals surface area (Å²) in [5.41, 5.74) is 2.80. The van der Waals surface area contributed by atoms with E-state index in [4.69, 9.17) is 0 Å². The van der Waals surface area contributed by atoms with Gasteiger partial charge in [0.25, 0.3) is 0 Å². The molecule has 1 fully saturated rings. The number of rotatable bonds is 6. The van der Waals surface area contributed by atoms with Crippen molar-refractivity contribution < 1.29 is 9.59 Å². The number of nitrogens with zero attached hydrogens (tertiary/aromatic N) is 2. The lowest BCUT2D eigenvalue weighted by Crippen LogP contribution is -2.32. The van der Waals surface area contributed by atoms with E-state index in [1.807, 2.05) is 42.5 Å². The van der Waals surface area contributed by atoms with Crippen molar-refractivity contribution in [1.82, 2.24) is 0 Å². The average molecular weight is 380 g/mol. The molecule has 1 aliphatic rings. The molecule has 1 heterocycles. The zero-order chi connectivity index (χ0) is 19.9. The average Bonchev–Trinajstić information content (AvgIpc) is 2.70. The summed E-state index contributed by atoms with van der Waals surface area (Å²) in [6, 6.07) is 17.5. The predicted octanol–water partition coefficient (Wildman–Crippen LogP) is 4.30. The van der Waals surface area contributed by atoms with Gasteiger partial charge in [0, 0.05) is 50.0 Å². The summed E-state index contributed by atoms with van der Waals surface area (Å²) >= 11 is 0. The first-order valence-electron chi connectivity index (χ1n) is 10.0. The lowest BCUT2D eigenvalue weighted by molar-refractivity contribution is -0.117. The van der Waals surface area contributed by atoms with Crippen LogP contribution in [0.3, 0.4) is 0 Å². The molecule has 2 aromatic rings. The van der Waals surface area contributed by atoms with Crippen molar-refractivity contribution in [3.8, 4) is 0 Å². The minimum atomic E-state index is -0.0956. The van der Waals surface area contributed by atoms with Gasteiger partial charge in [-0.05, 0) is 55.2 Å². The number of benzene rings is 2. The van der Waals surface area contributed by atoms with Crippen LogP contribution in [0.5, 0.6) is 0 Å². The number of amides is 2. The van der Waals surface area contributed by atoms with Crippen LogP contribution in [0.25, 0.3) is 0 Å². The van der Waals surface area contributed by atoms with Crippen molar-refractivity contribution in [1.29, 1.82) is 0 Å². The molecule has 148 valence electrons. The first kappa shape index (κ1) is 19.9. The van der Waals surface area contributed by atoms with Crippen LogP contribution in [0.4, 0.5) is 17.1 Å². The fourth-order valence-corrected chi connectivity index (χ4v) is 3.54. The molecule has 0 aliphatic carbocycles. The molecular formula is C23H29N3O2. The van der Waals surface area contributed by atoms with Crippen LogP contribution < -0.4 is 15.1 Å². The van der Waals surface area contributed by atoms with E-state index in [9.17, 15) is 9.59 Å². The van der Waals surface area contributed by atoms with Gasteiger partial charge in [-0.1, -0.05) is 25.1 Å². The molecule has 0 bridgehead atoms. The van der Waals surface area contributed by atoms with E-state index < -0.39 is 0 Å². The third-order valence-corrected chi connectivity index (χ3v) is 5.31. The maximum absolute atomic E-state index is 12.3. The molecule has 28 heavy (non-hydrogen) atoms. The van der Waals surface area contributed by atoms with Gasteiger partial charge in [-0.25, -0.2) is 0 Å². The SMILES string of the molecule is CC(=O)N(CCC(=O)Nc1ccc(N2CCC(C)CC2)cc1)c1ccccc1. The molecule has 3 rings (SSSR count). The van der Waals surface area contributed by atoms with Crippen LogP contribution >= 0.6 is 0 Å². The van der Waals surface area contributed by atoms with E-state index in [1.54, 1.807) is 4.90 Å². The Balaban J connectivity index is 1.52. The largest absolute Gasteiger partial charge is 0.372 e. The van der Waals surface area contributed by atoms with Gasteiger partial charge in [0.2, 0.25) is 11.8 Å². The second-order valence-electron chi connectivity index (χ2n) is 7.52. The standard InChI is InChI=1S/C23H29N3O2/c1-18-12-15-25(16-13-18)21-10-8-20(9-11-21)24-23(28)14-17-26(19(2)27)22-6-4-3-5-7-22/h3-11,18H,12-17H2,1-2H3,(H,24,28). The lowest BCUT2D eigenvalue weighted by Gasteiger charge is -2.32. The number of para-hydroxylation sites is 1. The van der Waals surface area contributed by atoms with E-state index in [2.05, 4.69) is 29.3 Å². The third kappa shape index (κ3) is 5.35. The van der Waals surface area contributed by atoms with Gasteiger partial charge in [-0.15, -0.1) is 0 Å². The quantitative estimate of drug-likeness (QED) is 0.814. The maximum atomic E-state index is 12.3. The summed E-state index contributed by atoms with van der Waals surface area (Å²) in [4.78, 5) is 28.3. The monoisotopic (exact) mass is 379 g/mol. The highest BCUT2D eigenvalue weighted by Crippen LogP contribution is 2.24. The van der Waals surface area contributed by atoms with E-state index >= 15 is 0 Å². The molecule has 0 spiro atoms. The number of nitrogens with one attached hydrogen (secondary N) is 1. The van der Waals surface area contributed by atoms with Crippen LogP contribution in [-0.4, -0.2) is 31.4 Å². The second-order valence-corrected chi connectivity index (χ2v) is 7.52. The molecule has 0 unspecified atom stereocenters. The summed E-state index contributed by atoms with van der Waals surface area (Å²) < 4.78 is 0. The Kier molecular flexibility index (Phi) is 6.69. The Morgan fingerprint density at radius 1 is 1.04 bits per heavy atom. The fourth-order valence-electron chi connectivity index (χ4n) is 3.54. The molecule has 0 aromatic heterocycles. The first-order chi connectivity index (χ1) is 13.5. The van der Waals surface area contributed by atoms with Crippen LogP contribution in [0, 0.1) is 5.92 Å². The highest BCUT2D eigenvalue weighted by molar-refractivity contribution is 5.94. The van der Waals surface area contributed by atoms with Gasteiger partial charge in [0.15, 0.2) is 0 Å². The summed E-state index contributed by atoms with van der Waals surface area (Å²) in [6.45, 7) is 6.36. The van der Waals surface area contributed by atoms with Crippen LogP contribution in [-0.2, 0) is 9.59 Å². The Bertz CT molecular complexity index is 781. The fraction of sp³-hybridized carbons (Fsp3) is 0.391. The van der Waals surface area contributed by atoms with Gasteiger partial charge in [-0.3, -0.25) is 9.59 Å². The van der Waals surface area contributed by atoms with Crippen LogP contribution in [0.1, 0.15) is 33.1 Å². The number of piperidine rings is 1. The summed E-state index contributed by atoms with van der Waals surface area (Å²) in [5.74, 6) is 0.640. The van der Waals surface area contributed by atoms with Gasteiger partial charge in [0.1, 0.15) is 0 Å². The molecule has 2 amide bonds. The normalized spacial score (nSPS) is 14.6. The first-order valence-corrected chi connectivity index (χ1v) is 10.0. The van der Waals surface area contributed by atoms with Gasteiger partial charge in [0.05, 0.1) is 0 Å². The number of carbonyl (C=O) groups excluding carboxylic acids is 2. The Morgan fingerprint density at radius 3 is 2.29 bits per heavy atom. The van der Waals surface area contributed by atoms with Crippen molar-refractivity contribution >= 4 is 28.9 Å². The number of anilines is 3. The summed E-state index contributed by atoms with van der Waals surface area (Å²) in [6.07, 6.45) is 2.71. The number of carbonyl (C=O) groups is 2. The highest BCUT2D eigenvalue weighted by Gasteiger charge is 2.16. The summed E-state index contributed by atoms with van der Waals surface area (Å²) in [5, 5.41) is 2.93. The van der Waals surface area contributed by atoms with Crippen molar-refractivity contribution in [2.45, 2.75) is 33.1 Å². The van der Waals surface area contributed by atoms with Crippen LogP contribution in [0.2, 0.25) is 0 Å². The second kappa shape index (κ2) is 9.40. The van der Waals surface area contributed by atoms with Crippen molar-refractivity contribution in [3.63, 3.8) is 0 Å². The molecule has 2 aromatic carbocycles. The van der Waals surface area contributed by atoms with E-state index in [-0.39, 0.29) is 18.2 Å². The Labute approximate surface area is 167 Å². The molecule has 1 aliphatic heterocycles. The van der Waals surface area contributed by atoms with Crippen molar-refractivity contribution in [2.75, 3.05) is 34.8 Å². The van der Waals surface area contributed by atoms with E-state index in [1.165, 1.54) is 25.5 Å². The van der Waals surface area contributed by atoms with E-state index in [0.717, 1.165) is 30.4 Å². The zero-order valence-electron chi connectivity index (χ0n) is 16.7. The molecule has 5 nitrogen and oxygen atoms in total. The molecule has 1 saturated heterocycles. The van der Waals surface area contributed by atoms with Gasteiger partial charge >= 0.3 is 0 Å². The molecule has 5 heteroatoms. The molecule has 1 N–H and O–H groups in total. The third-order valence-electron chi connectivity index (χ3n) is 5.31.